The van der Waals surface area contributed by atoms with Gasteiger partial charge in [-0.1, -0.05) is 30.3 Å². The topological polar surface area (TPSA) is 105 Å². The summed E-state index contributed by atoms with van der Waals surface area (Å²) in [5.74, 6) is -0.655. The second-order valence-corrected chi connectivity index (χ2v) is 5.41. The first-order chi connectivity index (χ1) is 12.0. The van der Waals surface area contributed by atoms with E-state index >= 15 is 0 Å². The van der Waals surface area contributed by atoms with Crippen LogP contribution in [0.25, 0.3) is 0 Å². The number of non-ortho nitro benzene ring substituents is 1. The van der Waals surface area contributed by atoms with Crippen LogP contribution in [0.15, 0.2) is 59.6 Å². The van der Waals surface area contributed by atoms with Gasteiger partial charge >= 0.3 is 0 Å². The molecule has 1 N–H and O–H groups in total. The summed E-state index contributed by atoms with van der Waals surface area (Å²) < 4.78 is 0. The van der Waals surface area contributed by atoms with Crippen LogP contribution in [0.5, 0.6) is 0 Å². The van der Waals surface area contributed by atoms with E-state index in [1.54, 1.807) is 24.3 Å². The van der Waals surface area contributed by atoms with Crippen LogP contribution >= 0.6 is 0 Å². The Bertz CT molecular complexity index is 862. The molecule has 0 fully saturated rings. The molecule has 1 amide bonds. The molecule has 0 radical (unpaired) electrons. The molecule has 8 nitrogen and oxygen atoms in total. The van der Waals surface area contributed by atoms with Gasteiger partial charge < -0.3 is 0 Å². The van der Waals surface area contributed by atoms with Crippen molar-refractivity contribution in [3.8, 4) is 0 Å². The number of benzene rings is 2. The first-order valence-corrected chi connectivity index (χ1v) is 7.46. The molecule has 1 unspecified atom stereocenters. The third-order valence-electron chi connectivity index (χ3n) is 3.70. The van der Waals surface area contributed by atoms with E-state index in [0.29, 0.717) is 11.3 Å². The minimum atomic E-state index is -0.864. The highest BCUT2D eigenvalue weighted by Gasteiger charge is 2.33. The lowest BCUT2D eigenvalue weighted by atomic mass is 10.1. The summed E-state index contributed by atoms with van der Waals surface area (Å²) in [7, 11) is 0. The Morgan fingerprint density at radius 3 is 2.36 bits per heavy atom. The highest BCUT2D eigenvalue weighted by molar-refractivity contribution is 6.39. The van der Waals surface area contributed by atoms with Crippen LogP contribution in [-0.2, 0) is 9.59 Å². The summed E-state index contributed by atoms with van der Waals surface area (Å²) in [4.78, 5) is 39.1. The summed E-state index contributed by atoms with van der Waals surface area (Å²) in [5.41, 5.74) is 3.62. The Kier molecular flexibility index (Phi) is 4.25. The van der Waals surface area contributed by atoms with E-state index in [1.165, 1.54) is 36.2 Å². The summed E-state index contributed by atoms with van der Waals surface area (Å²) in [5, 5.41) is 12.0. The standard InChI is InChI=1S/C17H14N4O4/c1-11(22)16-18-15(12-5-3-2-4-6-12)17(23)20(19-16)13-7-9-14(10-8-13)21(24)25/h2-10,15H,1H3,(H,18,19). The molecule has 0 saturated heterocycles. The Morgan fingerprint density at radius 1 is 1.16 bits per heavy atom. The number of ketones is 1. The fourth-order valence-corrected chi connectivity index (χ4v) is 2.43. The van der Waals surface area contributed by atoms with Gasteiger partial charge in [0.25, 0.3) is 11.6 Å². The Hall–Kier alpha value is -3.55. The van der Waals surface area contributed by atoms with Crippen molar-refractivity contribution in [3.05, 3.63) is 70.3 Å². The molecule has 1 atom stereocenters. The van der Waals surface area contributed by atoms with Crippen molar-refractivity contribution in [1.29, 1.82) is 0 Å². The smallest absolute Gasteiger partial charge is 0.275 e. The molecule has 0 saturated carbocycles. The highest BCUT2D eigenvalue weighted by Crippen LogP contribution is 2.27. The van der Waals surface area contributed by atoms with Crippen LogP contribution in [0.3, 0.4) is 0 Å². The SMILES string of the molecule is CC(=O)C1=NC(c2ccccc2)C(=O)N(c2ccc([N+](=O)[O-])cc2)N1. The summed E-state index contributed by atoms with van der Waals surface area (Å²) in [6, 6.07) is 13.5. The Morgan fingerprint density at radius 2 is 1.80 bits per heavy atom. The molecule has 3 rings (SSSR count). The van der Waals surface area contributed by atoms with E-state index in [0.717, 1.165) is 0 Å². The Labute approximate surface area is 142 Å². The quantitative estimate of drug-likeness (QED) is 0.679. The van der Waals surface area contributed by atoms with Gasteiger partial charge in [-0.25, -0.2) is 10.0 Å². The van der Waals surface area contributed by atoms with Gasteiger partial charge in [-0.2, -0.15) is 0 Å². The molecule has 0 aliphatic carbocycles. The number of anilines is 1. The number of hydrazine groups is 1. The predicted octanol–water partition coefficient (Wildman–Crippen LogP) is 2.17. The van der Waals surface area contributed by atoms with Gasteiger partial charge in [0.15, 0.2) is 17.7 Å². The van der Waals surface area contributed by atoms with E-state index in [-0.39, 0.29) is 23.2 Å². The van der Waals surface area contributed by atoms with Crippen molar-refractivity contribution in [3.63, 3.8) is 0 Å². The molecule has 2 aromatic carbocycles. The number of nitro groups is 1. The molecule has 1 aliphatic heterocycles. The zero-order valence-corrected chi connectivity index (χ0v) is 13.2. The molecule has 8 heteroatoms. The van der Waals surface area contributed by atoms with Gasteiger partial charge in [0, 0.05) is 19.1 Å². The van der Waals surface area contributed by atoms with Crippen molar-refractivity contribution in [2.24, 2.45) is 4.99 Å². The number of carbonyl (C=O) groups is 2. The second-order valence-electron chi connectivity index (χ2n) is 5.41. The average molecular weight is 338 g/mol. The van der Waals surface area contributed by atoms with Crippen LogP contribution in [-0.4, -0.2) is 22.4 Å². The first kappa shape index (κ1) is 16.3. The fraction of sp³-hybridized carbons (Fsp3) is 0.118. The van der Waals surface area contributed by atoms with Crippen molar-refractivity contribution in [2.75, 3.05) is 5.01 Å². The maximum atomic E-state index is 12.8. The van der Waals surface area contributed by atoms with Gasteiger partial charge in [0.2, 0.25) is 0 Å². The largest absolute Gasteiger partial charge is 0.291 e. The lowest BCUT2D eigenvalue weighted by molar-refractivity contribution is -0.384. The van der Waals surface area contributed by atoms with Crippen LogP contribution in [0.4, 0.5) is 11.4 Å². The summed E-state index contributed by atoms with van der Waals surface area (Å²) >= 11 is 0. The number of hydrogen-bond acceptors (Lipinski definition) is 6. The minimum Gasteiger partial charge on any atom is -0.291 e. The van der Waals surface area contributed by atoms with Crippen molar-refractivity contribution in [2.45, 2.75) is 13.0 Å². The number of nitrogens with zero attached hydrogens (tertiary/aromatic N) is 3. The second kappa shape index (κ2) is 6.52. The number of rotatable bonds is 4. The maximum absolute atomic E-state index is 12.8. The lowest BCUT2D eigenvalue weighted by Gasteiger charge is -2.31. The van der Waals surface area contributed by atoms with Crippen molar-refractivity contribution < 1.29 is 14.5 Å². The van der Waals surface area contributed by atoms with Gasteiger partial charge in [0.05, 0.1) is 10.6 Å². The van der Waals surface area contributed by atoms with Gasteiger partial charge in [-0.3, -0.25) is 25.1 Å². The number of aliphatic imine (C=N–C) groups is 1. The van der Waals surface area contributed by atoms with Gasteiger partial charge in [-0.15, -0.1) is 0 Å². The van der Waals surface area contributed by atoms with Crippen LogP contribution < -0.4 is 10.4 Å². The summed E-state index contributed by atoms with van der Waals surface area (Å²) in [6.07, 6.45) is 0. The molecule has 1 heterocycles. The van der Waals surface area contributed by atoms with Crippen molar-refractivity contribution in [1.82, 2.24) is 5.43 Å². The Balaban J connectivity index is 2.00. The van der Waals surface area contributed by atoms with E-state index in [4.69, 9.17) is 0 Å². The molecule has 0 spiro atoms. The van der Waals surface area contributed by atoms with E-state index in [9.17, 15) is 19.7 Å². The highest BCUT2D eigenvalue weighted by atomic mass is 16.6. The predicted molar refractivity (Wildman–Crippen MR) is 91.0 cm³/mol. The number of nitro benzene ring substituents is 1. The van der Waals surface area contributed by atoms with Gasteiger partial charge in [-0.05, 0) is 17.7 Å². The fourth-order valence-electron chi connectivity index (χ4n) is 2.43. The molecule has 1 aliphatic rings. The normalized spacial score (nSPS) is 16.8. The number of hydrogen-bond donors (Lipinski definition) is 1. The van der Waals surface area contributed by atoms with E-state index < -0.39 is 11.0 Å². The minimum absolute atomic E-state index is 0.0480. The zero-order chi connectivity index (χ0) is 18.0. The number of amidine groups is 1. The number of carbonyl (C=O) groups excluding carboxylic acids is 2. The number of amides is 1. The summed E-state index contributed by atoms with van der Waals surface area (Å²) in [6.45, 7) is 1.34. The number of Topliss-reactive ketones (excluding diaryl/α,β-unsaturated/α-hetero) is 1. The average Bonchev–Trinajstić information content (AvgIpc) is 2.62. The van der Waals surface area contributed by atoms with Crippen molar-refractivity contribution >= 4 is 28.9 Å². The molecular formula is C17H14N4O4. The van der Waals surface area contributed by atoms with E-state index in [2.05, 4.69) is 10.4 Å². The molecule has 2 aromatic rings. The molecule has 25 heavy (non-hydrogen) atoms. The first-order valence-electron chi connectivity index (χ1n) is 7.46. The van der Waals surface area contributed by atoms with Gasteiger partial charge in [0.1, 0.15) is 0 Å². The van der Waals surface area contributed by atoms with Crippen LogP contribution in [0.2, 0.25) is 0 Å². The molecule has 0 bridgehead atoms. The molecular weight excluding hydrogens is 324 g/mol. The molecule has 126 valence electrons. The monoisotopic (exact) mass is 338 g/mol. The third kappa shape index (κ3) is 3.23. The maximum Gasteiger partial charge on any atom is 0.275 e. The van der Waals surface area contributed by atoms with Crippen LogP contribution in [0.1, 0.15) is 18.5 Å². The van der Waals surface area contributed by atoms with E-state index in [1.807, 2.05) is 6.07 Å². The van der Waals surface area contributed by atoms with Crippen LogP contribution in [0, 0.1) is 10.1 Å². The molecule has 0 aromatic heterocycles. The lowest BCUT2D eigenvalue weighted by Crippen LogP contribution is -2.54. The zero-order valence-electron chi connectivity index (χ0n) is 13.2. The third-order valence-corrected chi connectivity index (χ3v) is 3.70. The number of nitrogens with one attached hydrogen (secondary N) is 1.